The van der Waals surface area contributed by atoms with Gasteiger partial charge >= 0.3 is 0 Å². The van der Waals surface area contributed by atoms with Gasteiger partial charge in [0.25, 0.3) is 0 Å². The van der Waals surface area contributed by atoms with Crippen molar-refractivity contribution in [3.05, 3.63) is 23.1 Å². The van der Waals surface area contributed by atoms with Crippen molar-refractivity contribution < 1.29 is 19.4 Å². The van der Waals surface area contributed by atoms with Crippen LogP contribution in [0, 0.1) is 5.92 Å². The molecule has 28 heavy (non-hydrogen) atoms. The zero-order chi connectivity index (χ0) is 19.5. The number of methoxy groups -OCH3 is 1. The Morgan fingerprint density at radius 1 is 1.36 bits per heavy atom. The number of carbonyl (C=O) groups excluding carboxylic acids is 1. The number of carbonyl (C=O) groups is 1. The highest BCUT2D eigenvalue weighted by atomic mass is 32.1. The lowest BCUT2D eigenvalue weighted by Gasteiger charge is -2.29. The number of carboxylic acid groups (broad SMARTS) is 1. The van der Waals surface area contributed by atoms with Crippen LogP contribution in [-0.4, -0.2) is 37.4 Å². The minimum Gasteiger partial charge on any atom is -0.530 e. The standard InChI is InChI=1S/C20H25N3O4S/c1-26-15-4-2-3-14-17-16(9-10-27-18(14)15)28-19(23-17)22-13-7-5-12(6-8-13)11-21-20(24)25/h2-4,12-13,21H,5-11H2,1H3,(H,22,23)(H,24,25)/p-1. The van der Waals surface area contributed by atoms with Crippen molar-refractivity contribution in [3.8, 4) is 22.8 Å². The summed E-state index contributed by atoms with van der Waals surface area (Å²) in [5.41, 5.74) is 1.96. The average molecular weight is 402 g/mol. The molecule has 1 aliphatic carbocycles. The van der Waals surface area contributed by atoms with E-state index < -0.39 is 6.09 Å². The van der Waals surface area contributed by atoms with Crippen molar-refractivity contribution in [1.82, 2.24) is 10.3 Å². The van der Waals surface area contributed by atoms with E-state index in [1.165, 1.54) is 4.88 Å². The van der Waals surface area contributed by atoms with E-state index in [0.717, 1.165) is 60.0 Å². The number of para-hydroxylation sites is 1. The van der Waals surface area contributed by atoms with E-state index in [0.29, 0.717) is 25.1 Å². The second-order valence-electron chi connectivity index (χ2n) is 7.26. The van der Waals surface area contributed by atoms with Gasteiger partial charge in [-0.2, -0.15) is 0 Å². The van der Waals surface area contributed by atoms with Gasteiger partial charge in [0.1, 0.15) is 6.09 Å². The Kier molecular flexibility index (Phi) is 5.57. The highest BCUT2D eigenvalue weighted by molar-refractivity contribution is 7.16. The van der Waals surface area contributed by atoms with E-state index >= 15 is 0 Å². The molecule has 7 nitrogen and oxygen atoms in total. The number of benzene rings is 1. The van der Waals surface area contributed by atoms with E-state index in [4.69, 9.17) is 14.5 Å². The van der Waals surface area contributed by atoms with Gasteiger partial charge in [-0.25, -0.2) is 4.98 Å². The third-order valence-electron chi connectivity index (χ3n) is 5.44. The third-order valence-corrected chi connectivity index (χ3v) is 6.48. The normalized spacial score (nSPS) is 20.9. The molecule has 1 aromatic heterocycles. The fraction of sp³-hybridized carbons (Fsp3) is 0.500. The van der Waals surface area contributed by atoms with Crippen LogP contribution >= 0.6 is 11.3 Å². The van der Waals surface area contributed by atoms with Gasteiger partial charge in [0.05, 0.1) is 19.4 Å². The topological polar surface area (TPSA) is 95.5 Å². The van der Waals surface area contributed by atoms with Crippen LogP contribution in [0.4, 0.5) is 9.93 Å². The molecule has 1 aromatic carbocycles. The van der Waals surface area contributed by atoms with Gasteiger partial charge < -0.3 is 30.0 Å². The highest BCUT2D eigenvalue weighted by Crippen LogP contribution is 2.43. The van der Waals surface area contributed by atoms with Crippen LogP contribution in [0.2, 0.25) is 0 Å². The zero-order valence-corrected chi connectivity index (χ0v) is 16.6. The van der Waals surface area contributed by atoms with Crippen LogP contribution in [0.3, 0.4) is 0 Å². The predicted octanol–water partition coefficient (Wildman–Crippen LogP) is 2.66. The Labute approximate surface area is 168 Å². The number of nitrogens with zero attached hydrogens (tertiary/aromatic N) is 1. The van der Waals surface area contributed by atoms with E-state index in [1.54, 1.807) is 18.4 Å². The van der Waals surface area contributed by atoms with Crippen molar-refractivity contribution in [2.75, 3.05) is 25.6 Å². The number of aromatic nitrogens is 1. The van der Waals surface area contributed by atoms with E-state index in [-0.39, 0.29) is 0 Å². The molecule has 0 saturated heterocycles. The van der Waals surface area contributed by atoms with E-state index in [1.807, 2.05) is 18.2 Å². The molecule has 0 radical (unpaired) electrons. The number of anilines is 1. The number of rotatable bonds is 5. The molecule has 2 heterocycles. The summed E-state index contributed by atoms with van der Waals surface area (Å²) in [6.07, 6.45) is 3.65. The molecule has 1 fully saturated rings. The molecule has 1 amide bonds. The summed E-state index contributed by atoms with van der Waals surface area (Å²) >= 11 is 1.69. The monoisotopic (exact) mass is 402 g/mol. The lowest BCUT2D eigenvalue weighted by atomic mass is 9.86. The van der Waals surface area contributed by atoms with Crippen LogP contribution in [0.25, 0.3) is 11.3 Å². The second-order valence-corrected chi connectivity index (χ2v) is 8.34. The Morgan fingerprint density at radius 3 is 2.93 bits per heavy atom. The summed E-state index contributed by atoms with van der Waals surface area (Å²) in [6, 6.07) is 6.27. The van der Waals surface area contributed by atoms with Crippen molar-refractivity contribution in [1.29, 1.82) is 0 Å². The largest absolute Gasteiger partial charge is 0.530 e. The lowest BCUT2D eigenvalue weighted by molar-refractivity contribution is -0.251. The van der Waals surface area contributed by atoms with Crippen LogP contribution in [-0.2, 0) is 6.42 Å². The Bertz CT molecular complexity index is 846. The molecule has 0 bridgehead atoms. The Hall–Kier alpha value is -2.48. The van der Waals surface area contributed by atoms with Gasteiger partial charge in [0.2, 0.25) is 0 Å². The first-order chi connectivity index (χ1) is 13.6. The molecule has 2 aliphatic rings. The summed E-state index contributed by atoms with van der Waals surface area (Å²) in [5.74, 6) is 1.89. The smallest absolute Gasteiger partial charge is 0.183 e. The number of thiazole rings is 1. The van der Waals surface area contributed by atoms with Crippen LogP contribution in [0.15, 0.2) is 18.2 Å². The summed E-state index contributed by atoms with van der Waals surface area (Å²) < 4.78 is 11.4. The minimum absolute atomic E-state index is 0.370. The van der Waals surface area contributed by atoms with Crippen molar-refractivity contribution in [3.63, 3.8) is 0 Å². The highest BCUT2D eigenvalue weighted by Gasteiger charge is 2.25. The van der Waals surface area contributed by atoms with E-state index in [2.05, 4.69) is 10.6 Å². The Morgan fingerprint density at radius 2 is 2.18 bits per heavy atom. The lowest BCUT2D eigenvalue weighted by Crippen LogP contribution is -2.40. The SMILES string of the molecule is COc1cccc2c1OCCc1sc(NC3CCC(CNC(=O)[O-])CC3)nc1-2. The van der Waals surface area contributed by atoms with Crippen LogP contribution < -0.4 is 25.2 Å². The number of hydrogen-bond donors (Lipinski definition) is 2. The first-order valence-corrected chi connectivity index (χ1v) is 10.5. The number of ether oxygens (including phenoxy) is 2. The number of fused-ring (bicyclic) bond motifs is 3. The number of nitrogens with one attached hydrogen (secondary N) is 2. The maximum atomic E-state index is 10.5. The summed E-state index contributed by atoms with van der Waals surface area (Å²) in [6.45, 7) is 1.10. The van der Waals surface area contributed by atoms with Crippen molar-refractivity contribution in [2.24, 2.45) is 5.92 Å². The first kappa shape index (κ1) is 18.9. The quantitative estimate of drug-likeness (QED) is 0.798. The van der Waals surface area contributed by atoms with E-state index in [9.17, 15) is 9.90 Å². The minimum atomic E-state index is -1.19. The van der Waals surface area contributed by atoms with Crippen molar-refractivity contribution in [2.45, 2.75) is 38.1 Å². The summed E-state index contributed by atoms with van der Waals surface area (Å²) in [5, 5.41) is 17.5. The molecule has 0 atom stereocenters. The number of amides is 1. The van der Waals surface area contributed by atoms with Gasteiger partial charge in [-0.1, -0.05) is 6.07 Å². The second kappa shape index (κ2) is 8.26. The van der Waals surface area contributed by atoms with Gasteiger partial charge in [-0.05, 0) is 43.7 Å². The fourth-order valence-electron chi connectivity index (χ4n) is 3.96. The average Bonchev–Trinajstić information content (AvgIpc) is 3.01. The molecule has 1 aliphatic heterocycles. The predicted molar refractivity (Wildman–Crippen MR) is 106 cm³/mol. The molecule has 2 N–H and O–H groups in total. The molecule has 0 unspecified atom stereocenters. The Balaban J connectivity index is 1.44. The third kappa shape index (κ3) is 4.01. The molecular formula is C20H24N3O4S-. The zero-order valence-electron chi connectivity index (χ0n) is 15.8. The van der Waals surface area contributed by atoms with Gasteiger partial charge in [-0.15, -0.1) is 11.3 Å². The summed E-state index contributed by atoms with van der Waals surface area (Å²) in [4.78, 5) is 16.6. The first-order valence-electron chi connectivity index (χ1n) is 9.65. The van der Waals surface area contributed by atoms with Crippen molar-refractivity contribution >= 4 is 22.6 Å². The maximum absolute atomic E-state index is 10.5. The molecule has 1 saturated carbocycles. The molecule has 0 spiro atoms. The van der Waals surface area contributed by atoms with Gasteiger partial charge in [-0.3, -0.25) is 0 Å². The molecule has 150 valence electrons. The maximum Gasteiger partial charge on any atom is 0.183 e. The molecule has 4 rings (SSSR count). The van der Waals surface area contributed by atoms with Crippen LogP contribution in [0.5, 0.6) is 11.5 Å². The number of hydrogen-bond acceptors (Lipinski definition) is 7. The molecular weight excluding hydrogens is 378 g/mol. The fourth-order valence-corrected chi connectivity index (χ4v) is 5.00. The van der Waals surface area contributed by atoms with Gasteiger partial charge in [0, 0.05) is 29.4 Å². The molecule has 8 heteroatoms. The van der Waals surface area contributed by atoms with Crippen LogP contribution in [0.1, 0.15) is 30.6 Å². The van der Waals surface area contributed by atoms with Gasteiger partial charge in [0.15, 0.2) is 16.6 Å². The summed E-state index contributed by atoms with van der Waals surface area (Å²) in [7, 11) is 1.65. The molecule has 2 aromatic rings.